The maximum Gasteiger partial charge on any atom is 0.310 e. The molecule has 3 aliphatic rings. The maximum absolute atomic E-state index is 12.5. The number of hydrogen-bond acceptors (Lipinski definition) is 4. The largest absolute Gasteiger partial charge is 0.481 e. The third-order valence-electron chi connectivity index (χ3n) is 5.09. The molecule has 6 heteroatoms. The van der Waals surface area contributed by atoms with Gasteiger partial charge in [0.1, 0.15) is 5.92 Å². The average molecular weight is 308 g/mol. The van der Waals surface area contributed by atoms with Gasteiger partial charge in [-0.15, -0.1) is 0 Å². The Balaban J connectivity index is 1.58. The van der Waals surface area contributed by atoms with Crippen LogP contribution in [0.15, 0.2) is 12.2 Å². The number of aliphatic carboxylic acids is 1. The second-order valence-electron chi connectivity index (χ2n) is 6.75. The van der Waals surface area contributed by atoms with Crippen LogP contribution >= 0.6 is 0 Å². The van der Waals surface area contributed by atoms with E-state index in [4.69, 9.17) is 4.74 Å². The molecule has 4 atom stereocenters. The monoisotopic (exact) mass is 308 g/mol. The average Bonchev–Trinajstić information content (AvgIpc) is 3.08. The molecule has 0 aromatic carbocycles. The molecule has 22 heavy (non-hydrogen) atoms. The quantitative estimate of drug-likeness (QED) is 0.745. The van der Waals surface area contributed by atoms with Crippen molar-refractivity contribution in [2.45, 2.75) is 51.0 Å². The van der Waals surface area contributed by atoms with Crippen LogP contribution in [-0.2, 0) is 14.3 Å². The molecule has 3 aliphatic heterocycles. The van der Waals surface area contributed by atoms with Gasteiger partial charge in [-0.25, -0.2) is 0 Å². The predicted molar refractivity (Wildman–Crippen MR) is 80.3 cm³/mol. The van der Waals surface area contributed by atoms with Gasteiger partial charge < -0.3 is 20.1 Å². The van der Waals surface area contributed by atoms with Crippen molar-refractivity contribution in [3.63, 3.8) is 0 Å². The first kappa shape index (κ1) is 15.5. The number of fused-ring (bicyclic) bond motifs is 2. The summed E-state index contributed by atoms with van der Waals surface area (Å²) in [5.41, 5.74) is 0. The maximum atomic E-state index is 12.5. The minimum absolute atomic E-state index is 0.139. The Labute approximate surface area is 130 Å². The number of hydrogen-bond donors (Lipinski definition) is 2. The molecule has 2 bridgehead atoms. The number of nitrogens with zero attached hydrogens (tertiary/aromatic N) is 1. The first-order valence-corrected chi connectivity index (χ1v) is 8.08. The summed E-state index contributed by atoms with van der Waals surface area (Å²) in [5.74, 6) is -2.49. The third-order valence-corrected chi connectivity index (χ3v) is 5.09. The van der Waals surface area contributed by atoms with Gasteiger partial charge in [0.25, 0.3) is 0 Å². The lowest BCUT2D eigenvalue weighted by molar-refractivity contribution is -0.146. The van der Waals surface area contributed by atoms with Gasteiger partial charge in [-0.1, -0.05) is 12.2 Å². The van der Waals surface area contributed by atoms with E-state index in [-0.39, 0.29) is 18.1 Å². The van der Waals surface area contributed by atoms with E-state index in [2.05, 4.69) is 24.1 Å². The SMILES string of the molecule is CC(C)N1CCC(NC(=O)[C@H]2[C@H](C(=O)O)[C@H]3C=C[C@H]2O3)CC1. The van der Waals surface area contributed by atoms with Crippen LogP contribution in [-0.4, -0.2) is 59.3 Å². The number of nitrogens with one attached hydrogen (secondary N) is 1. The number of likely N-dealkylation sites (tertiary alicyclic amines) is 1. The van der Waals surface area contributed by atoms with Crippen LogP contribution in [0.5, 0.6) is 0 Å². The van der Waals surface area contributed by atoms with E-state index in [1.807, 2.05) is 6.08 Å². The smallest absolute Gasteiger partial charge is 0.310 e. The van der Waals surface area contributed by atoms with E-state index in [9.17, 15) is 14.7 Å². The van der Waals surface area contributed by atoms with Gasteiger partial charge in [-0.05, 0) is 26.7 Å². The molecule has 3 heterocycles. The van der Waals surface area contributed by atoms with Crippen molar-refractivity contribution in [2.75, 3.05) is 13.1 Å². The van der Waals surface area contributed by atoms with Crippen LogP contribution in [0, 0.1) is 11.8 Å². The molecule has 0 aromatic rings. The van der Waals surface area contributed by atoms with Gasteiger partial charge in [-0.2, -0.15) is 0 Å². The molecule has 6 nitrogen and oxygen atoms in total. The van der Waals surface area contributed by atoms with Crippen LogP contribution in [0.3, 0.4) is 0 Å². The first-order chi connectivity index (χ1) is 10.5. The second-order valence-corrected chi connectivity index (χ2v) is 6.75. The molecule has 1 amide bonds. The van der Waals surface area contributed by atoms with E-state index in [0.29, 0.717) is 6.04 Å². The number of carboxylic acid groups (broad SMARTS) is 1. The molecule has 0 saturated carbocycles. The third kappa shape index (κ3) is 2.77. The zero-order valence-electron chi connectivity index (χ0n) is 13.1. The number of ether oxygens (including phenoxy) is 1. The number of carbonyl (C=O) groups excluding carboxylic acids is 1. The fourth-order valence-electron chi connectivity index (χ4n) is 3.77. The van der Waals surface area contributed by atoms with E-state index in [1.165, 1.54) is 0 Å². The number of carboxylic acids is 1. The fourth-order valence-corrected chi connectivity index (χ4v) is 3.77. The van der Waals surface area contributed by atoms with E-state index in [0.717, 1.165) is 25.9 Å². The van der Waals surface area contributed by atoms with Crippen molar-refractivity contribution in [2.24, 2.45) is 11.8 Å². The molecule has 2 saturated heterocycles. The Kier molecular flexibility index (Phi) is 4.23. The Hall–Kier alpha value is -1.40. The van der Waals surface area contributed by atoms with Crippen molar-refractivity contribution >= 4 is 11.9 Å². The summed E-state index contributed by atoms with van der Waals surface area (Å²) in [5, 5.41) is 12.4. The summed E-state index contributed by atoms with van der Waals surface area (Å²) in [7, 11) is 0. The van der Waals surface area contributed by atoms with Gasteiger partial charge in [0.15, 0.2) is 0 Å². The lowest BCUT2D eigenvalue weighted by Crippen LogP contribution is -2.50. The molecule has 0 unspecified atom stereocenters. The zero-order chi connectivity index (χ0) is 15.9. The molecule has 0 aromatic heterocycles. The Morgan fingerprint density at radius 2 is 1.77 bits per heavy atom. The molecule has 3 rings (SSSR count). The zero-order valence-corrected chi connectivity index (χ0v) is 13.1. The van der Waals surface area contributed by atoms with Gasteiger partial charge in [0, 0.05) is 25.2 Å². The van der Waals surface area contributed by atoms with Crippen LogP contribution in [0.25, 0.3) is 0 Å². The summed E-state index contributed by atoms with van der Waals surface area (Å²) in [6.07, 6.45) is 4.56. The van der Waals surface area contributed by atoms with Gasteiger partial charge in [0.05, 0.1) is 18.1 Å². The molecular weight excluding hydrogens is 284 g/mol. The molecule has 2 fully saturated rings. The normalized spacial score (nSPS) is 35.2. The van der Waals surface area contributed by atoms with Crippen molar-refractivity contribution in [1.29, 1.82) is 0 Å². The van der Waals surface area contributed by atoms with E-state index < -0.39 is 23.9 Å². The lowest BCUT2D eigenvalue weighted by atomic mass is 9.82. The van der Waals surface area contributed by atoms with Crippen LogP contribution in [0.4, 0.5) is 0 Å². The summed E-state index contributed by atoms with van der Waals surface area (Å²) < 4.78 is 5.56. The lowest BCUT2D eigenvalue weighted by Gasteiger charge is -2.35. The Morgan fingerprint density at radius 1 is 1.18 bits per heavy atom. The van der Waals surface area contributed by atoms with Gasteiger partial charge in [0.2, 0.25) is 5.91 Å². The molecule has 0 spiro atoms. The van der Waals surface area contributed by atoms with Crippen molar-refractivity contribution < 1.29 is 19.4 Å². The highest BCUT2D eigenvalue weighted by molar-refractivity contribution is 5.87. The van der Waals surface area contributed by atoms with Crippen molar-refractivity contribution in [3.8, 4) is 0 Å². The molecule has 0 radical (unpaired) electrons. The van der Waals surface area contributed by atoms with Crippen LogP contribution < -0.4 is 5.32 Å². The highest BCUT2D eigenvalue weighted by atomic mass is 16.5. The Morgan fingerprint density at radius 3 is 2.32 bits per heavy atom. The second kappa shape index (κ2) is 6.01. The number of piperidine rings is 1. The fraction of sp³-hybridized carbons (Fsp3) is 0.750. The number of rotatable bonds is 4. The standard InChI is InChI=1S/C16H24N2O4/c1-9(2)18-7-5-10(6-8-18)17-15(19)13-11-3-4-12(22-11)14(13)16(20)21/h3-4,9-14H,5-8H2,1-2H3,(H,17,19)(H,20,21)/t11-,12-,13-,14-/m1/s1. The first-order valence-electron chi connectivity index (χ1n) is 8.08. The highest BCUT2D eigenvalue weighted by Crippen LogP contribution is 2.39. The Bertz CT molecular complexity index is 483. The minimum atomic E-state index is -0.952. The summed E-state index contributed by atoms with van der Waals surface area (Å²) >= 11 is 0. The van der Waals surface area contributed by atoms with Crippen LogP contribution in [0.2, 0.25) is 0 Å². The molecule has 122 valence electrons. The van der Waals surface area contributed by atoms with Crippen molar-refractivity contribution in [1.82, 2.24) is 10.2 Å². The summed E-state index contributed by atoms with van der Waals surface area (Å²) in [6, 6.07) is 0.664. The van der Waals surface area contributed by atoms with Gasteiger partial charge in [-0.3, -0.25) is 9.59 Å². The number of amides is 1. The number of carbonyl (C=O) groups is 2. The van der Waals surface area contributed by atoms with Crippen LogP contribution in [0.1, 0.15) is 26.7 Å². The minimum Gasteiger partial charge on any atom is -0.481 e. The van der Waals surface area contributed by atoms with Gasteiger partial charge >= 0.3 is 5.97 Å². The van der Waals surface area contributed by atoms with Crippen molar-refractivity contribution in [3.05, 3.63) is 12.2 Å². The highest BCUT2D eigenvalue weighted by Gasteiger charge is 2.53. The van der Waals surface area contributed by atoms with E-state index in [1.54, 1.807) is 6.08 Å². The predicted octanol–water partition coefficient (Wildman–Crippen LogP) is 0.630. The summed E-state index contributed by atoms with van der Waals surface area (Å²) in [6.45, 7) is 6.29. The molecule has 0 aliphatic carbocycles. The topological polar surface area (TPSA) is 78.9 Å². The summed E-state index contributed by atoms with van der Waals surface area (Å²) in [4.78, 5) is 26.3. The molecular formula is C16H24N2O4. The van der Waals surface area contributed by atoms with E-state index >= 15 is 0 Å². The molecule has 2 N–H and O–H groups in total.